The van der Waals surface area contributed by atoms with Crippen molar-refractivity contribution in [2.24, 2.45) is 0 Å². The highest BCUT2D eigenvalue weighted by atomic mass is 15.2. The number of hydrogen-bond donors (Lipinski definition) is 0. The van der Waals surface area contributed by atoms with Crippen LogP contribution in [0.4, 0.5) is 17.1 Å². The Bertz CT molecular complexity index is 2790. The van der Waals surface area contributed by atoms with Gasteiger partial charge in [-0.2, -0.15) is 0 Å². The summed E-state index contributed by atoms with van der Waals surface area (Å²) in [4.78, 5) is 7.59. The Hall–Kier alpha value is -6.97. The van der Waals surface area contributed by atoms with E-state index in [1.165, 1.54) is 55.9 Å². The molecule has 2 heterocycles. The van der Waals surface area contributed by atoms with Crippen LogP contribution in [0.2, 0.25) is 0 Å². The molecule has 3 nitrogen and oxygen atoms in total. The van der Waals surface area contributed by atoms with E-state index in [1.54, 1.807) is 0 Å². The summed E-state index contributed by atoms with van der Waals surface area (Å²) in [6.07, 6.45) is 0. The number of benzene rings is 8. The fraction of sp³-hybridized carbons (Fsp3) is 0.0200. The van der Waals surface area contributed by atoms with Gasteiger partial charge in [0.1, 0.15) is 5.82 Å². The van der Waals surface area contributed by atoms with Crippen molar-refractivity contribution >= 4 is 28.1 Å². The number of rotatable bonds is 4. The molecule has 1 aliphatic heterocycles. The fourth-order valence-corrected chi connectivity index (χ4v) is 9.12. The molecule has 9 aromatic rings. The molecular weight excluding hydrogens is 643 g/mol. The fourth-order valence-electron chi connectivity index (χ4n) is 9.12. The zero-order valence-electron chi connectivity index (χ0n) is 28.9. The summed E-state index contributed by atoms with van der Waals surface area (Å²) in [5.41, 5.74) is 17.5. The minimum Gasteiger partial charge on any atom is -0.310 e. The summed E-state index contributed by atoms with van der Waals surface area (Å²) in [5.74, 6) is 0.933. The Kier molecular flexibility index (Phi) is 6.47. The van der Waals surface area contributed by atoms with Crippen molar-refractivity contribution in [2.75, 3.05) is 4.90 Å². The largest absolute Gasteiger partial charge is 0.310 e. The number of anilines is 3. The first-order valence-corrected chi connectivity index (χ1v) is 18.2. The maximum absolute atomic E-state index is 5.16. The van der Waals surface area contributed by atoms with E-state index in [0.717, 1.165) is 33.8 Å². The van der Waals surface area contributed by atoms with Crippen molar-refractivity contribution in [1.82, 2.24) is 9.55 Å². The highest BCUT2D eigenvalue weighted by Gasteiger charge is 2.52. The summed E-state index contributed by atoms with van der Waals surface area (Å²) >= 11 is 0. The molecule has 0 bridgehead atoms. The van der Waals surface area contributed by atoms with Crippen molar-refractivity contribution in [3.8, 4) is 39.3 Å². The van der Waals surface area contributed by atoms with Crippen LogP contribution in [0.25, 0.3) is 50.4 Å². The van der Waals surface area contributed by atoms with Crippen LogP contribution in [0.15, 0.2) is 200 Å². The summed E-state index contributed by atoms with van der Waals surface area (Å²) in [6.45, 7) is 0. The minimum absolute atomic E-state index is 0.527. The Morgan fingerprint density at radius 2 is 0.906 bits per heavy atom. The zero-order chi connectivity index (χ0) is 34.9. The summed E-state index contributed by atoms with van der Waals surface area (Å²) in [7, 11) is 0. The van der Waals surface area contributed by atoms with E-state index in [2.05, 4.69) is 210 Å². The maximum atomic E-state index is 5.16. The van der Waals surface area contributed by atoms with Crippen LogP contribution in [-0.2, 0) is 5.41 Å². The highest BCUT2D eigenvalue weighted by molar-refractivity contribution is 5.99. The second kappa shape index (κ2) is 11.5. The Morgan fingerprint density at radius 3 is 1.62 bits per heavy atom. The van der Waals surface area contributed by atoms with Gasteiger partial charge < -0.3 is 4.90 Å². The van der Waals surface area contributed by atoms with Crippen LogP contribution in [0.5, 0.6) is 0 Å². The number of imidazole rings is 1. The predicted molar refractivity (Wildman–Crippen MR) is 217 cm³/mol. The van der Waals surface area contributed by atoms with E-state index in [0.29, 0.717) is 0 Å². The molecule has 248 valence electrons. The van der Waals surface area contributed by atoms with Gasteiger partial charge in [-0.15, -0.1) is 0 Å². The summed E-state index contributed by atoms with van der Waals surface area (Å²) in [5, 5.41) is 0. The van der Waals surface area contributed by atoms with Crippen molar-refractivity contribution < 1.29 is 0 Å². The third kappa shape index (κ3) is 4.19. The van der Waals surface area contributed by atoms with Crippen molar-refractivity contribution in [3.63, 3.8) is 0 Å². The van der Waals surface area contributed by atoms with Crippen molar-refractivity contribution in [3.05, 3.63) is 222 Å². The second-order valence-corrected chi connectivity index (χ2v) is 13.9. The molecule has 1 aromatic heterocycles. The number of hydrogen-bond acceptors (Lipinski definition) is 2. The molecule has 0 radical (unpaired) electrons. The first-order chi connectivity index (χ1) is 26.3. The molecule has 0 amide bonds. The van der Waals surface area contributed by atoms with Crippen LogP contribution >= 0.6 is 0 Å². The monoisotopic (exact) mass is 675 g/mol. The van der Waals surface area contributed by atoms with Gasteiger partial charge in [0, 0.05) is 16.9 Å². The molecule has 0 saturated carbocycles. The van der Waals surface area contributed by atoms with E-state index in [9.17, 15) is 0 Å². The molecular formula is C50H33N3. The lowest BCUT2D eigenvalue weighted by atomic mass is 9.63. The van der Waals surface area contributed by atoms with Crippen LogP contribution < -0.4 is 4.90 Å². The predicted octanol–water partition coefficient (Wildman–Crippen LogP) is 12.5. The zero-order valence-corrected chi connectivity index (χ0v) is 28.9. The topological polar surface area (TPSA) is 21.1 Å². The van der Waals surface area contributed by atoms with Gasteiger partial charge in [0.25, 0.3) is 0 Å². The molecule has 0 saturated heterocycles. The van der Waals surface area contributed by atoms with Gasteiger partial charge in [0.05, 0.1) is 27.8 Å². The third-order valence-electron chi connectivity index (χ3n) is 11.2. The molecule has 0 atom stereocenters. The van der Waals surface area contributed by atoms with Gasteiger partial charge in [-0.05, 0) is 93.0 Å². The molecule has 8 aromatic carbocycles. The molecule has 0 fully saturated rings. The van der Waals surface area contributed by atoms with Crippen molar-refractivity contribution in [1.29, 1.82) is 0 Å². The summed E-state index contributed by atoms with van der Waals surface area (Å²) < 4.78 is 2.27. The second-order valence-electron chi connectivity index (χ2n) is 13.9. The van der Waals surface area contributed by atoms with Crippen LogP contribution in [0.1, 0.15) is 22.3 Å². The molecule has 11 rings (SSSR count). The number of para-hydroxylation sites is 6. The molecule has 3 heteroatoms. The Labute approximate surface area is 308 Å². The SMILES string of the molecule is c1ccc(N2c3ccccc3C3(c4ccccc4-c4cccc(-c5ccc(-c6nc7ccccc7n6-c6ccccc6)cc5)c43)c3ccccc32)cc1. The lowest BCUT2D eigenvalue weighted by Crippen LogP contribution is -2.36. The normalized spacial score (nSPS) is 13.4. The first-order valence-electron chi connectivity index (χ1n) is 18.2. The first kappa shape index (κ1) is 29.7. The molecule has 53 heavy (non-hydrogen) atoms. The van der Waals surface area contributed by atoms with Crippen LogP contribution in [0, 0.1) is 0 Å². The van der Waals surface area contributed by atoms with E-state index in [-0.39, 0.29) is 0 Å². The number of fused-ring (bicyclic) bond motifs is 10. The van der Waals surface area contributed by atoms with E-state index >= 15 is 0 Å². The smallest absolute Gasteiger partial charge is 0.145 e. The van der Waals surface area contributed by atoms with Gasteiger partial charge in [0.2, 0.25) is 0 Å². The van der Waals surface area contributed by atoms with Gasteiger partial charge in [-0.25, -0.2) is 4.98 Å². The van der Waals surface area contributed by atoms with E-state index in [1.807, 2.05) is 0 Å². The van der Waals surface area contributed by atoms with Gasteiger partial charge >= 0.3 is 0 Å². The molecule has 1 aliphatic carbocycles. The van der Waals surface area contributed by atoms with E-state index < -0.39 is 5.41 Å². The molecule has 0 N–H and O–H groups in total. The highest BCUT2D eigenvalue weighted by Crippen LogP contribution is 2.64. The average Bonchev–Trinajstić information content (AvgIpc) is 3.77. The van der Waals surface area contributed by atoms with Gasteiger partial charge in [0.15, 0.2) is 0 Å². The third-order valence-corrected chi connectivity index (χ3v) is 11.2. The Morgan fingerprint density at radius 1 is 0.377 bits per heavy atom. The van der Waals surface area contributed by atoms with E-state index in [4.69, 9.17) is 4.98 Å². The minimum atomic E-state index is -0.527. The maximum Gasteiger partial charge on any atom is 0.145 e. The molecule has 0 unspecified atom stereocenters. The lowest BCUT2D eigenvalue weighted by Gasteiger charge is -2.45. The number of nitrogens with zero attached hydrogens (tertiary/aromatic N) is 3. The average molecular weight is 676 g/mol. The van der Waals surface area contributed by atoms with Crippen LogP contribution in [-0.4, -0.2) is 9.55 Å². The van der Waals surface area contributed by atoms with Gasteiger partial charge in [-0.3, -0.25) is 4.57 Å². The van der Waals surface area contributed by atoms with Crippen molar-refractivity contribution in [2.45, 2.75) is 5.41 Å². The quantitative estimate of drug-likeness (QED) is 0.185. The molecule has 2 aliphatic rings. The molecule has 1 spiro atoms. The summed E-state index contributed by atoms with van der Waals surface area (Å²) in [6, 6.07) is 72.6. The number of aromatic nitrogens is 2. The van der Waals surface area contributed by atoms with Crippen LogP contribution in [0.3, 0.4) is 0 Å². The lowest BCUT2D eigenvalue weighted by molar-refractivity contribution is 0.754. The standard InChI is InChI=1S/C50H33N3/c1-3-16-36(17-4-1)52-45-27-12-9-24-42(45)50(43-25-10-13-28-46(43)52)41-23-8-7-20-39(41)40-22-15-21-38(48(40)50)34-30-32-35(33-31-34)49-51-44-26-11-14-29-47(44)53(49)37-18-5-2-6-19-37/h1-33H. The Balaban J connectivity index is 1.15. The van der Waals surface area contributed by atoms with Gasteiger partial charge in [-0.1, -0.05) is 152 Å².